The molecule has 2 aliphatic rings. The number of aryl methyl sites for hydroxylation is 1. The molecule has 10 heteroatoms. The number of benzene rings is 2. The molecule has 2 heterocycles. The third-order valence-corrected chi connectivity index (χ3v) is 7.29. The summed E-state index contributed by atoms with van der Waals surface area (Å²) in [4.78, 5) is 40.2. The van der Waals surface area contributed by atoms with E-state index in [2.05, 4.69) is 41.5 Å². The van der Waals surface area contributed by atoms with Crippen LogP contribution in [0.4, 0.5) is 0 Å². The van der Waals surface area contributed by atoms with Gasteiger partial charge in [0.15, 0.2) is 5.17 Å². The number of rotatable bonds is 8. The Morgan fingerprint density at radius 3 is 2.50 bits per heavy atom. The lowest BCUT2D eigenvalue weighted by Gasteiger charge is -2.23. The molecular formula is C26H28N4O5S. The standard InChI is InChI=1S/C26H28N4O5S/c1-4-16-5-7-18(8-6-16)21-13-20(17-9-11-19(35-3)12-10-17)29-30(21)26-28-24(32)22(36-26)14-23(31)27-15(2)25(33)34/h5-12,15,21-22H,4,13-14H2,1-3H3,(H,27,31)(H,33,34)/t15-,21-,22-/m0/s1. The Kier molecular flexibility index (Phi) is 7.73. The van der Waals surface area contributed by atoms with Crippen LogP contribution in [0, 0.1) is 0 Å². The first-order valence-electron chi connectivity index (χ1n) is 11.7. The lowest BCUT2D eigenvalue weighted by Crippen LogP contribution is -2.39. The molecule has 2 amide bonds. The van der Waals surface area contributed by atoms with E-state index in [1.807, 2.05) is 24.3 Å². The van der Waals surface area contributed by atoms with Crippen LogP contribution in [0.3, 0.4) is 0 Å². The number of hydrogen-bond donors (Lipinski definition) is 2. The number of nitrogens with zero attached hydrogens (tertiary/aromatic N) is 3. The zero-order chi connectivity index (χ0) is 25.8. The van der Waals surface area contributed by atoms with Gasteiger partial charge in [-0.2, -0.15) is 10.1 Å². The van der Waals surface area contributed by atoms with E-state index >= 15 is 0 Å². The summed E-state index contributed by atoms with van der Waals surface area (Å²) in [6.07, 6.45) is 1.39. The average Bonchev–Trinajstić information content (AvgIpc) is 3.48. The third-order valence-electron chi connectivity index (χ3n) is 6.15. The number of ether oxygens (including phenoxy) is 1. The molecule has 3 atom stereocenters. The largest absolute Gasteiger partial charge is 0.497 e. The highest BCUT2D eigenvalue weighted by molar-refractivity contribution is 8.15. The van der Waals surface area contributed by atoms with Gasteiger partial charge in [0.25, 0.3) is 5.91 Å². The summed E-state index contributed by atoms with van der Waals surface area (Å²) < 4.78 is 5.26. The van der Waals surface area contributed by atoms with Crippen molar-refractivity contribution in [1.82, 2.24) is 10.3 Å². The zero-order valence-electron chi connectivity index (χ0n) is 20.3. The topological polar surface area (TPSA) is 121 Å². The van der Waals surface area contributed by atoms with Crippen LogP contribution in [0.5, 0.6) is 5.75 Å². The predicted octanol–water partition coefficient (Wildman–Crippen LogP) is 3.39. The molecule has 0 saturated heterocycles. The van der Waals surface area contributed by atoms with Gasteiger partial charge in [0.2, 0.25) is 5.91 Å². The second-order valence-corrected chi connectivity index (χ2v) is 9.78. The van der Waals surface area contributed by atoms with Crippen molar-refractivity contribution in [2.45, 2.75) is 50.4 Å². The van der Waals surface area contributed by atoms with Crippen LogP contribution in [-0.4, -0.2) is 57.2 Å². The Hall–Kier alpha value is -3.66. The Morgan fingerprint density at radius 2 is 1.89 bits per heavy atom. The molecule has 9 nitrogen and oxygen atoms in total. The predicted molar refractivity (Wildman–Crippen MR) is 138 cm³/mol. The molecule has 2 N–H and O–H groups in total. The first-order valence-corrected chi connectivity index (χ1v) is 12.6. The van der Waals surface area contributed by atoms with E-state index in [0.717, 1.165) is 29.0 Å². The van der Waals surface area contributed by atoms with Gasteiger partial charge in [-0.05, 0) is 54.3 Å². The molecule has 0 radical (unpaired) electrons. The quantitative estimate of drug-likeness (QED) is 0.561. The molecule has 0 saturated carbocycles. The van der Waals surface area contributed by atoms with Crippen molar-refractivity contribution in [2.75, 3.05) is 7.11 Å². The number of carbonyl (C=O) groups excluding carboxylic acids is 2. The van der Waals surface area contributed by atoms with Gasteiger partial charge in [-0.25, -0.2) is 5.01 Å². The minimum atomic E-state index is -1.14. The van der Waals surface area contributed by atoms with Crippen LogP contribution in [0.15, 0.2) is 58.6 Å². The number of nitrogens with one attached hydrogen (secondary N) is 1. The van der Waals surface area contributed by atoms with Crippen molar-refractivity contribution in [2.24, 2.45) is 10.1 Å². The lowest BCUT2D eigenvalue weighted by atomic mass is 9.97. The van der Waals surface area contributed by atoms with Gasteiger partial charge in [0, 0.05) is 12.8 Å². The van der Waals surface area contributed by atoms with E-state index in [1.165, 1.54) is 24.2 Å². The summed E-state index contributed by atoms with van der Waals surface area (Å²) in [7, 11) is 1.62. The van der Waals surface area contributed by atoms with Gasteiger partial charge >= 0.3 is 5.97 Å². The fraction of sp³-hybridized carbons (Fsp3) is 0.346. The van der Waals surface area contributed by atoms with E-state index in [1.54, 1.807) is 12.1 Å². The van der Waals surface area contributed by atoms with Gasteiger partial charge in [0.1, 0.15) is 17.0 Å². The molecule has 2 aromatic carbocycles. The molecule has 0 fully saturated rings. The van der Waals surface area contributed by atoms with Crippen LogP contribution < -0.4 is 10.1 Å². The maximum Gasteiger partial charge on any atom is 0.325 e. The number of amides is 2. The fourth-order valence-electron chi connectivity index (χ4n) is 4.01. The van der Waals surface area contributed by atoms with Crippen molar-refractivity contribution in [1.29, 1.82) is 0 Å². The fourth-order valence-corrected chi connectivity index (χ4v) is 5.08. The first-order chi connectivity index (χ1) is 17.3. The molecule has 0 unspecified atom stereocenters. The summed E-state index contributed by atoms with van der Waals surface area (Å²) in [5, 5.41) is 17.7. The zero-order valence-corrected chi connectivity index (χ0v) is 21.1. The second kappa shape index (κ2) is 10.9. The van der Waals surface area contributed by atoms with E-state index in [9.17, 15) is 14.4 Å². The number of aliphatic carboxylic acids is 1. The van der Waals surface area contributed by atoms with Gasteiger partial charge < -0.3 is 15.2 Å². The van der Waals surface area contributed by atoms with Crippen LogP contribution in [-0.2, 0) is 20.8 Å². The molecular weight excluding hydrogens is 480 g/mol. The first kappa shape index (κ1) is 25.4. The highest BCUT2D eigenvalue weighted by atomic mass is 32.2. The van der Waals surface area contributed by atoms with Crippen molar-refractivity contribution >= 4 is 40.4 Å². The number of carboxylic acids is 1. The molecule has 0 aromatic heterocycles. The normalized spacial score (nSPS) is 20.1. The number of carboxylic acid groups (broad SMARTS) is 1. The Bertz CT molecular complexity index is 1210. The molecule has 2 aliphatic heterocycles. The van der Waals surface area contributed by atoms with Gasteiger partial charge in [0.05, 0.1) is 18.9 Å². The number of thioether (sulfide) groups is 1. The number of hydrogen-bond acceptors (Lipinski definition) is 7. The molecule has 4 rings (SSSR count). The maximum absolute atomic E-state index is 12.7. The third kappa shape index (κ3) is 5.59. The van der Waals surface area contributed by atoms with Crippen LogP contribution >= 0.6 is 11.8 Å². The number of amidine groups is 1. The Morgan fingerprint density at radius 1 is 1.19 bits per heavy atom. The highest BCUT2D eigenvalue weighted by Crippen LogP contribution is 2.38. The van der Waals surface area contributed by atoms with E-state index in [0.29, 0.717) is 11.6 Å². The number of hydrazone groups is 1. The minimum absolute atomic E-state index is 0.160. The molecule has 0 spiro atoms. The minimum Gasteiger partial charge on any atom is -0.497 e. The molecule has 2 aromatic rings. The number of methoxy groups -OCH3 is 1. The average molecular weight is 509 g/mol. The summed E-state index contributed by atoms with van der Waals surface area (Å²) in [6, 6.07) is 14.8. The molecule has 0 bridgehead atoms. The monoisotopic (exact) mass is 508 g/mol. The van der Waals surface area contributed by atoms with Gasteiger partial charge in [-0.1, -0.05) is 43.0 Å². The van der Waals surface area contributed by atoms with Gasteiger partial charge in [-0.15, -0.1) is 0 Å². The lowest BCUT2D eigenvalue weighted by molar-refractivity contribution is -0.141. The highest BCUT2D eigenvalue weighted by Gasteiger charge is 2.39. The second-order valence-electron chi connectivity index (χ2n) is 8.61. The molecule has 0 aliphatic carbocycles. The molecule has 188 valence electrons. The number of aliphatic imine (C=N–C) groups is 1. The van der Waals surface area contributed by atoms with Crippen LogP contribution in [0.2, 0.25) is 0 Å². The Balaban J connectivity index is 1.56. The summed E-state index contributed by atoms with van der Waals surface area (Å²) in [5.74, 6) is -1.33. The number of carbonyl (C=O) groups is 3. The van der Waals surface area contributed by atoms with E-state index in [4.69, 9.17) is 14.9 Å². The van der Waals surface area contributed by atoms with Crippen molar-refractivity contribution in [3.63, 3.8) is 0 Å². The summed E-state index contributed by atoms with van der Waals surface area (Å²) in [5.41, 5.74) is 4.08. The van der Waals surface area contributed by atoms with Crippen LogP contribution in [0.25, 0.3) is 0 Å². The smallest absolute Gasteiger partial charge is 0.325 e. The van der Waals surface area contributed by atoms with E-state index < -0.39 is 29.1 Å². The van der Waals surface area contributed by atoms with Crippen molar-refractivity contribution < 1.29 is 24.2 Å². The SMILES string of the molecule is CCc1ccc([C@@H]2CC(c3ccc(OC)cc3)=NN2C2=NC(=O)[C@H](CC(=O)N[C@@H](C)C(=O)O)S2)cc1. The van der Waals surface area contributed by atoms with E-state index in [-0.39, 0.29) is 12.5 Å². The van der Waals surface area contributed by atoms with Crippen molar-refractivity contribution in [3.05, 3.63) is 65.2 Å². The molecule has 36 heavy (non-hydrogen) atoms. The van der Waals surface area contributed by atoms with Crippen LogP contribution in [0.1, 0.15) is 49.4 Å². The maximum atomic E-state index is 12.7. The van der Waals surface area contributed by atoms with Gasteiger partial charge in [-0.3, -0.25) is 14.4 Å². The van der Waals surface area contributed by atoms with Crippen molar-refractivity contribution in [3.8, 4) is 5.75 Å². The summed E-state index contributed by atoms with van der Waals surface area (Å²) >= 11 is 1.18. The Labute approximate surface area is 213 Å². The summed E-state index contributed by atoms with van der Waals surface area (Å²) in [6.45, 7) is 3.48.